The summed E-state index contributed by atoms with van der Waals surface area (Å²) < 4.78 is 2.37. The highest BCUT2D eigenvalue weighted by atomic mass is 14.9. The van der Waals surface area contributed by atoms with Gasteiger partial charge in [-0.15, -0.1) is 0 Å². The SMILES string of the molecule is CCCCCCCCCCCCCCC[n+]1ccccc1C. The molecular formula is C21H38N+. The van der Waals surface area contributed by atoms with Crippen molar-refractivity contribution in [2.24, 2.45) is 0 Å². The molecule has 1 heterocycles. The van der Waals surface area contributed by atoms with Gasteiger partial charge in [0.25, 0.3) is 0 Å². The zero-order valence-corrected chi connectivity index (χ0v) is 15.2. The van der Waals surface area contributed by atoms with Gasteiger partial charge in [0.15, 0.2) is 11.9 Å². The van der Waals surface area contributed by atoms with Gasteiger partial charge in [-0.3, -0.25) is 0 Å². The molecule has 0 unspecified atom stereocenters. The van der Waals surface area contributed by atoms with E-state index in [1.54, 1.807) is 0 Å². The Bertz CT molecular complexity index is 359. The fourth-order valence-electron chi connectivity index (χ4n) is 3.11. The summed E-state index contributed by atoms with van der Waals surface area (Å²) >= 11 is 0. The molecule has 22 heavy (non-hydrogen) atoms. The molecule has 0 radical (unpaired) electrons. The van der Waals surface area contributed by atoms with E-state index in [9.17, 15) is 0 Å². The topological polar surface area (TPSA) is 3.88 Å². The standard InChI is InChI=1S/C21H38N/c1-3-4-5-6-7-8-9-10-11-12-13-14-16-19-22-20-17-15-18-21(22)2/h15,17-18,20H,3-14,16,19H2,1-2H3/q+1. The van der Waals surface area contributed by atoms with Crippen LogP contribution in [0.4, 0.5) is 0 Å². The Balaban J connectivity index is 1.81. The molecule has 0 bridgehead atoms. The summed E-state index contributed by atoms with van der Waals surface area (Å²) in [7, 11) is 0. The van der Waals surface area contributed by atoms with Gasteiger partial charge in [0.05, 0.1) is 0 Å². The normalized spacial score (nSPS) is 11.0. The predicted molar refractivity (Wildman–Crippen MR) is 97.1 cm³/mol. The maximum Gasteiger partial charge on any atom is 0.178 e. The second-order valence-electron chi connectivity index (χ2n) is 6.78. The zero-order chi connectivity index (χ0) is 15.9. The number of nitrogens with zero attached hydrogens (tertiary/aromatic N) is 1. The van der Waals surface area contributed by atoms with E-state index in [-0.39, 0.29) is 0 Å². The lowest BCUT2D eigenvalue weighted by Gasteiger charge is -2.03. The summed E-state index contributed by atoms with van der Waals surface area (Å²) in [4.78, 5) is 0. The Morgan fingerprint density at radius 2 is 1.18 bits per heavy atom. The molecule has 1 heteroatoms. The summed E-state index contributed by atoms with van der Waals surface area (Å²) in [6.07, 6.45) is 20.8. The second kappa shape index (κ2) is 13.8. The molecule has 1 aromatic rings. The lowest BCUT2D eigenvalue weighted by molar-refractivity contribution is -0.703. The van der Waals surface area contributed by atoms with Crippen molar-refractivity contribution < 1.29 is 4.57 Å². The lowest BCUT2D eigenvalue weighted by atomic mass is 10.0. The molecule has 0 saturated carbocycles. The summed E-state index contributed by atoms with van der Waals surface area (Å²) in [5.41, 5.74) is 1.38. The molecule has 0 aliphatic carbocycles. The molecule has 0 amide bonds. The third-order valence-corrected chi connectivity index (χ3v) is 4.67. The second-order valence-corrected chi connectivity index (χ2v) is 6.78. The maximum atomic E-state index is 2.37. The van der Waals surface area contributed by atoms with E-state index in [2.05, 4.69) is 42.8 Å². The third-order valence-electron chi connectivity index (χ3n) is 4.67. The van der Waals surface area contributed by atoms with Gasteiger partial charge in [0.1, 0.15) is 6.54 Å². The molecule has 126 valence electrons. The van der Waals surface area contributed by atoms with Crippen LogP contribution in [0.25, 0.3) is 0 Å². The smallest absolute Gasteiger partial charge is 0.178 e. The molecule has 0 fully saturated rings. The van der Waals surface area contributed by atoms with Crippen LogP contribution in [0.1, 0.15) is 96.1 Å². The van der Waals surface area contributed by atoms with Crippen LogP contribution in [0.3, 0.4) is 0 Å². The van der Waals surface area contributed by atoms with Gasteiger partial charge in [-0.25, -0.2) is 4.57 Å². The Kier molecular flexibility index (Phi) is 12.0. The minimum absolute atomic E-state index is 1.18. The quantitative estimate of drug-likeness (QED) is 0.277. The Labute approximate surface area is 139 Å². The molecule has 1 nitrogen and oxygen atoms in total. The van der Waals surface area contributed by atoms with Crippen molar-refractivity contribution in [3.63, 3.8) is 0 Å². The minimum atomic E-state index is 1.18. The Morgan fingerprint density at radius 1 is 0.682 bits per heavy atom. The van der Waals surface area contributed by atoms with E-state index in [1.165, 1.54) is 95.7 Å². The number of aryl methyl sites for hydroxylation is 2. The van der Waals surface area contributed by atoms with Crippen LogP contribution in [0.5, 0.6) is 0 Å². The summed E-state index contributed by atoms with van der Waals surface area (Å²) in [6, 6.07) is 6.45. The monoisotopic (exact) mass is 304 g/mol. The van der Waals surface area contributed by atoms with E-state index in [4.69, 9.17) is 0 Å². The van der Waals surface area contributed by atoms with Crippen molar-refractivity contribution in [3.8, 4) is 0 Å². The van der Waals surface area contributed by atoms with Crippen LogP contribution in [-0.2, 0) is 6.54 Å². The molecule has 0 saturated heterocycles. The van der Waals surface area contributed by atoms with Crippen LogP contribution in [0.15, 0.2) is 24.4 Å². The molecule has 0 aliphatic rings. The Morgan fingerprint density at radius 3 is 1.68 bits per heavy atom. The molecule has 1 aromatic heterocycles. The van der Waals surface area contributed by atoms with Crippen molar-refractivity contribution in [2.45, 2.75) is 104 Å². The fourth-order valence-corrected chi connectivity index (χ4v) is 3.11. The molecule has 0 N–H and O–H groups in total. The number of hydrogen-bond donors (Lipinski definition) is 0. The average Bonchev–Trinajstić information content (AvgIpc) is 2.53. The van der Waals surface area contributed by atoms with Crippen molar-refractivity contribution in [2.75, 3.05) is 0 Å². The molecule has 0 aliphatic heterocycles. The van der Waals surface area contributed by atoms with E-state index >= 15 is 0 Å². The van der Waals surface area contributed by atoms with Crippen molar-refractivity contribution in [1.82, 2.24) is 0 Å². The highest BCUT2D eigenvalue weighted by molar-refractivity contribution is 4.93. The highest BCUT2D eigenvalue weighted by Gasteiger charge is 2.03. The van der Waals surface area contributed by atoms with Crippen LogP contribution >= 0.6 is 0 Å². The van der Waals surface area contributed by atoms with Crippen LogP contribution < -0.4 is 4.57 Å². The van der Waals surface area contributed by atoms with Crippen molar-refractivity contribution in [3.05, 3.63) is 30.1 Å². The van der Waals surface area contributed by atoms with Gasteiger partial charge in [-0.05, 0) is 6.42 Å². The number of aromatic nitrogens is 1. The van der Waals surface area contributed by atoms with Crippen LogP contribution in [0, 0.1) is 6.92 Å². The lowest BCUT2D eigenvalue weighted by Crippen LogP contribution is -2.36. The van der Waals surface area contributed by atoms with E-state index in [1.807, 2.05) is 0 Å². The first kappa shape index (κ1) is 19.2. The van der Waals surface area contributed by atoms with Crippen molar-refractivity contribution >= 4 is 0 Å². The summed E-state index contributed by atoms with van der Waals surface area (Å²) in [5.74, 6) is 0. The highest BCUT2D eigenvalue weighted by Crippen LogP contribution is 2.12. The Hall–Kier alpha value is -0.850. The first-order valence-corrected chi connectivity index (χ1v) is 9.79. The summed E-state index contributed by atoms with van der Waals surface area (Å²) in [5, 5.41) is 0. The van der Waals surface area contributed by atoms with Crippen molar-refractivity contribution in [1.29, 1.82) is 0 Å². The van der Waals surface area contributed by atoms with Gasteiger partial charge < -0.3 is 0 Å². The predicted octanol–water partition coefficient (Wildman–Crippen LogP) is 6.37. The van der Waals surface area contributed by atoms with E-state index in [0.717, 1.165) is 0 Å². The number of rotatable bonds is 14. The van der Waals surface area contributed by atoms with Gasteiger partial charge in [-0.2, -0.15) is 0 Å². The van der Waals surface area contributed by atoms with Gasteiger partial charge in [0.2, 0.25) is 0 Å². The minimum Gasteiger partial charge on any atom is -0.203 e. The first-order chi connectivity index (χ1) is 10.8. The number of unbranched alkanes of at least 4 members (excludes halogenated alkanes) is 12. The fraction of sp³-hybridized carbons (Fsp3) is 0.762. The first-order valence-electron chi connectivity index (χ1n) is 9.79. The maximum absolute atomic E-state index is 2.37. The van der Waals surface area contributed by atoms with Gasteiger partial charge >= 0.3 is 0 Å². The van der Waals surface area contributed by atoms with E-state index in [0.29, 0.717) is 0 Å². The van der Waals surface area contributed by atoms with Crippen LogP contribution in [-0.4, -0.2) is 0 Å². The molecule has 0 aromatic carbocycles. The third kappa shape index (κ3) is 9.97. The van der Waals surface area contributed by atoms with Crippen LogP contribution in [0.2, 0.25) is 0 Å². The molecule has 1 rings (SSSR count). The largest absolute Gasteiger partial charge is 0.203 e. The molecular weight excluding hydrogens is 266 g/mol. The van der Waals surface area contributed by atoms with Gasteiger partial charge in [0, 0.05) is 25.5 Å². The van der Waals surface area contributed by atoms with E-state index < -0.39 is 0 Å². The number of hydrogen-bond acceptors (Lipinski definition) is 0. The average molecular weight is 305 g/mol. The number of pyridine rings is 1. The molecule has 0 atom stereocenters. The summed E-state index contributed by atoms with van der Waals surface area (Å²) in [6.45, 7) is 5.67. The zero-order valence-electron chi connectivity index (χ0n) is 15.2. The molecule has 0 spiro atoms. The van der Waals surface area contributed by atoms with Gasteiger partial charge in [-0.1, -0.05) is 83.6 Å².